The summed E-state index contributed by atoms with van der Waals surface area (Å²) < 4.78 is 11.0. The maximum absolute atomic E-state index is 12.3. The zero-order valence-corrected chi connectivity index (χ0v) is 16.9. The number of benzene rings is 3. The van der Waals surface area contributed by atoms with Crippen molar-refractivity contribution in [3.05, 3.63) is 94.5 Å². The fraction of sp³-hybridized carbons (Fsp3) is 0.0870. The highest BCUT2D eigenvalue weighted by Gasteiger charge is 2.13. The second-order valence-corrected chi connectivity index (χ2v) is 6.54. The fourth-order valence-corrected chi connectivity index (χ4v) is 2.74. The van der Waals surface area contributed by atoms with Crippen LogP contribution >= 0.6 is 11.6 Å². The maximum atomic E-state index is 12.3. The van der Waals surface area contributed by atoms with Gasteiger partial charge in [-0.1, -0.05) is 35.9 Å². The maximum Gasteiger partial charge on any atom is 0.343 e. The average molecular weight is 423 g/mol. The Kier molecular flexibility index (Phi) is 7.19. The first kappa shape index (κ1) is 21.1. The van der Waals surface area contributed by atoms with Crippen LogP contribution in [0.25, 0.3) is 0 Å². The Labute approximate surface area is 179 Å². The lowest BCUT2D eigenvalue weighted by molar-refractivity contribution is 0.0728. The number of amides is 1. The molecule has 1 N–H and O–H groups in total. The third-order valence-electron chi connectivity index (χ3n) is 3.95. The molecule has 0 fully saturated rings. The van der Waals surface area contributed by atoms with Crippen LogP contribution in [0.4, 0.5) is 0 Å². The van der Waals surface area contributed by atoms with Crippen LogP contribution in [0.3, 0.4) is 0 Å². The highest BCUT2D eigenvalue weighted by molar-refractivity contribution is 6.30. The van der Waals surface area contributed by atoms with Gasteiger partial charge in [0.2, 0.25) is 0 Å². The van der Waals surface area contributed by atoms with E-state index < -0.39 is 5.97 Å². The summed E-state index contributed by atoms with van der Waals surface area (Å²) in [5.41, 5.74) is 3.94. The number of esters is 1. The molecule has 0 aliphatic carbocycles. The fourth-order valence-electron chi connectivity index (χ4n) is 2.55. The van der Waals surface area contributed by atoms with Gasteiger partial charge in [0.05, 0.1) is 18.4 Å². The molecule has 0 spiro atoms. The number of halogens is 1. The van der Waals surface area contributed by atoms with Crippen molar-refractivity contribution in [3.63, 3.8) is 0 Å². The van der Waals surface area contributed by atoms with Gasteiger partial charge in [-0.05, 0) is 61.0 Å². The minimum Gasteiger partial charge on any atom is -0.490 e. The van der Waals surface area contributed by atoms with E-state index in [0.717, 1.165) is 0 Å². The predicted octanol–water partition coefficient (Wildman–Crippen LogP) is 4.72. The van der Waals surface area contributed by atoms with Crippen LogP contribution < -0.4 is 14.9 Å². The number of ether oxygens (including phenoxy) is 2. The molecule has 3 aromatic rings. The Morgan fingerprint density at radius 3 is 2.47 bits per heavy atom. The molecule has 152 valence electrons. The Hall–Kier alpha value is -3.64. The van der Waals surface area contributed by atoms with E-state index in [1.165, 1.54) is 6.21 Å². The van der Waals surface area contributed by atoms with E-state index in [1.54, 1.807) is 66.7 Å². The van der Waals surface area contributed by atoms with Gasteiger partial charge in [-0.2, -0.15) is 5.10 Å². The first-order chi connectivity index (χ1) is 14.6. The SMILES string of the molecule is CCOc1cc(/C=N/NC(=O)c2cccc(Cl)c2)ccc1OC(=O)c1ccccc1. The summed E-state index contributed by atoms with van der Waals surface area (Å²) in [6.45, 7) is 2.22. The second-order valence-electron chi connectivity index (χ2n) is 6.10. The molecule has 30 heavy (non-hydrogen) atoms. The van der Waals surface area contributed by atoms with Crippen LogP contribution in [0, 0.1) is 0 Å². The number of rotatable bonds is 7. The molecule has 0 bridgehead atoms. The van der Waals surface area contributed by atoms with Crippen LogP contribution in [-0.2, 0) is 0 Å². The molecule has 0 saturated heterocycles. The standard InChI is InChI=1S/C23H19ClN2O4/c1-2-29-21-13-16(15-25-26-22(27)18-9-6-10-19(24)14-18)11-12-20(21)30-23(28)17-7-4-3-5-8-17/h3-15H,2H2,1H3,(H,26,27)/b25-15+. The van der Waals surface area contributed by atoms with Gasteiger partial charge < -0.3 is 9.47 Å². The molecule has 1 amide bonds. The summed E-state index contributed by atoms with van der Waals surface area (Å²) in [5.74, 6) is -0.170. The normalized spacial score (nSPS) is 10.6. The molecule has 3 rings (SSSR count). The van der Waals surface area contributed by atoms with Gasteiger partial charge in [0.1, 0.15) is 0 Å². The van der Waals surface area contributed by atoms with E-state index in [2.05, 4.69) is 10.5 Å². The van der Waals surface area contributed by atoms with Crippen molar-refractivity contribution in [1.82, 2.24) is 5.43 Å². The van der Waals surface area contributed by atoms with Crippen molar-refractivity contribution in [2.45, 2.75) is 6.92 Å². The van der Waals surface area contributed by atoms with Crippen molar-refractivity contribution >= 4 is 29.7 Å². The van der Waals surface area contributed by atoms with Crippen molar-refractivity contribution < 1.29 is 19.1 Å². The van der Waals surface area contributed by atoms with Crippen LogP contribution in [0.2, 0.25) is 5.02 Å². The van der Waals surface area contributed by atoms with Gasteiger partial charge in [-0.3, -0.25) is 4.79 Å². The lowest BCUT2D eigenvalue weighted by atomic mass is 10.2. The van der Waals surface area contributed by atoms with Crippen molar-refractivity contribution in [3.8, 4) is 11.5 Å². The lowest BCUT2D eigenvalue weighted by Crippen LogP contribution is -2.17. The van der Waals surface area contributed by atoms with Gasteiger partial charge in [0.25, 0.3) is 5.91 Å². The van der Waals surface area contributed by atoms with Crippen LogP contribution in [0.1, 0.15) is 33.2 Å². The second kappa shape index (κ2) is 10.2. The zero-order chi connectivity index (χ0) is 21.3. The molecule has 3 aromatic carbocycles. The number of hydrazone groups is 1. The molecular formula is C23H19ClN2O4. The summed E-state index contributed by atoms with van der Waals surface area (Å²) in [4.78, 5) is 24.4. The minimum absolute atomic E-state index is 0.297. The van der Waals surface area contributed by atoms with E-state index in [-0.39, 0.29) is 5.91 Å². The number of carbonyl (C=O) groups is 2. The average Bonchev–Trinajstić information content (AvgIpc) is 2.76. The topological polar surface area (TPSA) is 77.0 Å². The van der Waals surface area contributed by atoms with Crippen molar-refractivity contribution in [2.75, 3.05) is 6.61 Å². The summed E-state index contributed by atoms with van der Waals surface area (Å²) in [5, 5.41) is 4.42. The molecule has 6 nitrogen and oxygen atoms in total. The molecule has 0 aliphatic heterocycles. The molecule has 0 atom stereocenters. The summed E-state index contributed by atoms with van der Waals surface area (Å²) >= 11 is 5.89. The minimum atomic E-state index is -0.480. The van der Waals surface area contributed by atoms with Crippen LogP contribution in [0.5, 0.6) is 11.5 Å². The van der Waals surface area contributed by atoms with Crippen molar-refractivity contribution in [1.29, 1.82) is 0 Å². The van der Waals surface area contributed by atoms with E-state index in [0.29, 0.717) is 39.8 Å². The number of carbonyl (C=O) groups excluding carboxylic acids is 2. The molecule has 0 heterocycles. The van der Waals surface area contributed by atoms with Crippen molar-refractivity contribution in [2.24, 2.45) is 5.10 Å². The highest BCUT2D eigenvalue weighted by Crippen LogP contribution is 2.29. The van der Waals surface area contributed by atoms with Gasteiger partial charge >= 0.3 is 5.97 Å². The van der Waals surface area contributed by atoms with E-state index >= 15 is 0 Å². The van der Waals surface area contributed by atoms with E-state index in [1.807, 2.05) is 13.0 Å². The lowest BCUT2D eigenvalue weighted by Gasteiger charge is -2.11. The highest BCUT2D eigenvalue weighted by atomic mass is 35.5. The molecule has 0 saturated carbocycles. The van der Waals surface area contributed by atoms with Gasteiger partial charge in [-0.25, -0.2) is 10.2 Å². The van der Waals surface area contributed by atoms with Crippen LogP contribution in [0.15, 0.2) is 77.9 Å². The Balaban J connectivity index is 1.70. The Morgan fingerprint density at radius 2 is 1.73 bits per heavy atom. The summed E-state index contributed by atoms with van der Waals surface area (Å²) in [6.07, 6.45) is 1.47. The zero-order valence-electron chi connectivity index (χ0n) is 16.2. The third kappa shape index (κ3) is 5.68. The summed E-state index contributed by atoms with van der Waals surface area (Å²) in [7, 11) is 0. The van der Waals surface area contributed by atoms with Gasteiger partial charge in [0, 0.05) is 10.6 Å². The van der Waals surface area contributed by atoms with Gasteiger partial charge in [-0.15, -0.1) is 0 Å². The predicted molar refractivity (Wildman–Crippen MR) is 116 cm³/mol. The third-order valence-corrected chi connectivity index (χ3v) is 4.18. The molecule has 7 heteroatoms. The molecule has 0 aromatic heterocycles. The quantitative estimate of drug-likeness (QED) is 0.258. The Bertz CT molecular complexity index is 1070. The molecule has 0 radical (unpaired) electrons. The van der Waals surface area contributed by atoms with E-state index in [9.17, 15) is 9.59 Å². The number of nitrogens with zero attached hydrogens (tertiary/aromatic N) is 1. The summed E-state index contributed by atoms with van der Waals surface area (Å²) in [6, 6.07) is 20.2. The monoisotopic (exact) mass is 422 g/mol. The van der Waals surface area contributed by atoms with E-state index in [4.69, 9.17) is 21.1 Å². The number of nitrogens with one attached hydrogen (secondary N) is 1. The molecule has 0 unspecified atom stereocenters. The molecule has 0 aliphatic rings. The largest absolute Gasteiger partial charge is 0.490 e. The smallest absolute Gasteiger partial charge is 0.343 e. The van der Waals surface area contributed by atoms with Crippen LogP contribution in [-0.4, -0.2) is 24.7 Å². The molecular weight excluding hydrogens is 404 g/mol. The Morgan fingerprint density at radius 1 is 0.967 bits per heavy atom. The van der Waals surface area contributed by atoms with Gasteiger partial charge in [0.15, 0.2) is 11.5 Å². The number of hydrogen-bond acceptors (Lipinski definition) is 5. The first-order valence-electron chi connectivity index (χ1n) is 9.20. The first-order valence-corrected chi connectivity index (χ1v) is 9.57. The number of hydrogen-bond donors (Lipinski definition) is 1.